The molecular formula is C42H51N9O7. The molecule has 306 valence electrons. The van der Waals surface area contributed by atoms with Gasteiger partial charge >= 0.3 is 12.2 Å². The molecular weight excluding hydrogens is 743 g/mol. The van der Waals surface area contributed by atoms with Gasteiger partial charge in [0.25, 0.3) is 5.91 Å². The molecule has 1 atom stereocenters. The number of rotatable bonds is 11. The summed E-state index contributed by atoms with van der Waals surface area (Å²) in [5, 5.41) is 32.1. The summed E-state index contributed by atoms with van der Waals surface area (Å²) in [6, 6.07) is 19.5. The maximum absolute atomic E-state index is 13.9. The van der Waals surface area contributed by atoms with Crippen LogP contribution in [-0.4, -0.2) is 110 Å². The van der Waals surface area contributed by atoms with E-state index >= 15 is 0 Å². The minimum Gasteiger partial charge on any atom is -0.465 e. The number of anilines is 1. The van der Waals surface area contributed by atoms with Crippen LogP contribution < -0.4 is 16.0 Å². The molecule has 3 aromatic carbocycles. The first-order valence-electron chi connectivity index (χ1n) is 19.6. The largest absolute Gasteiger partial charge is 0.465 e. The Balaban J connectivity index is 1.10. The van der Waals surface area contributed by atoms with Crippen molar-refractivity contribution >= 4 is 35.6 Å². The number of tetrazole rings is 1. The lowest BCUT2D eigenvalue weighted by molar-refractivity contribution is -0.130. The monoisotopic (exact) mass is 793 g/mol. The molecule has 1 aliphatic heterocycles. The summed E-state index contributed by atoms with van der Waals surface area (Å²) >= 11 is 0. The minimum absolute atomic E-state index is 0.132. The van der Waals surface area contributed by atoms with Crippen molar-refractivity contribution in [2.24, 2.45) is 11.8 Å². The van der Waals surface area contributed by atoms with Gasteiger partial charge < -0.3 is 35.6 Å². The number of H-pyrrole nitrogens is 1. The lowest BCUT2D eigenvalue weighted by Crippen LogP contribution is -2.50. The molecule has 1 aromatic heterocycles. The summed E-state index contributed by atoms with van der Waals surface area (Å²) in [6.45, 7) is 9.12. The van der Waals surface area contributed by atoms with Gasteiger partial charge in [-0.25, -0.2) is 9.59 Å². The summed E-state index contributed by atoms with van der Waals surface area (Å²) in [7, 11) is 0. The highest BCUT2D eigenvalue weighted by Crippen LogP contribution is 2.30. The number of nitrogens with one attached hydrogen (secondary N) is 4. The number of aryl methyl sites for hydroxylation is 1. The van der Waals surface area contributed by atoms with E-state index in [4.69, 9.17) is 4.74 Å². The van der Waals surface area contributed by atoms with E-state index in [1.54, 1.807) is 35.2 Å². The Morgan fingerprint density at radius 3 is 2.14 bits per heavy atom. The summed E-state index contributed by atoms with van der Waals surface area (Å²) < 4.78 is 5.35. The molecule has 0 bridgehead atoms. The fraction of sp³-hybridized carbons (Fsp3) is 0.429. The Bertz CT molecular complexity index is 2070. The zero-order chi connectivity index (χ0) is 41.4. The molecule has 4 aromatic rings. The summed E-state index contributed by atoms with van der Waals surface area (Å²) in [5.74, 6) is -0.289. The number of hydrogen-bond acceptors (Lipinski definition) is 9. The van der Waals surface area contributed by atoms with Crippen LogP contribution >= 0.6 is 0 Å². The number of aromatic amines is 1. The number of piperazine rings is 1. The molecule has 16 heteroatoms. The average molecular weight is 794 g/mol. The van der Waals surface area contributed by atoms with Gasteiger partial charge in [0, 0.05) is 61.9 Å². The third-order valence-electron chi connectivity index (χ3n) is 10.6. The highest BCUT2D eigenvalue weighted by atomic mass is 16.6. The van der Waals surface area contributed by atoms with Crippen molar-refractivity contribution in [3.63, 3.8) is 0 Å². The second-order valence-corrected chi connectivity index (χ2v) is 16.0. The van der Waals surface area contributed by atoms with E-state index in [1.807, 2.05) is 64.1 Å². The van der Waals surface area contributed by atoms with Crippen LogP contribution in [0.4, 0.5) is 15.3 Å². The predicted octanol–water partition coefficient (Wildman–Crippen LogP) is 5.28. The van der Waals surface area contributed by atoms with Crippen molar-refractivity contribution < 1.29 is 33.8 Å². The average Bonchev–Trinajstić information content (AvgIpc) is 3.75. The van der Waals surface area contributed by atoms with Gasteiger partial charge in [-0.05, 0) is 123 Å². The SMILES string of the molecule is Cc1cc(C(=O)N2CCN(C(=O)O)CC2)ccc1-c1ccc(C[C@H](NC(=O)[C@H]2CC[C@H](CNC(=O)OC(C)(C)C)CC2)C(=O)Nc2ccc(-c3nn[nH]n3)cc2)cc1. The van der Waals surface area contributed by atoms with Gasteiger partial charge in [-0.2, -0.15) is 5.21 Å². The lowest BCUT2D eigenvalue weighted by atomic mass is 9.81. The number of carbonyl (C=O) groups excluding carboxylic acids is 4. The van der Waals surface area contributed by atoms with Crippen LogP contribution in [0.15, 0.2) is 66.7 Å². The van der Waals surface area contributed by atoms with Crippen molar-refractivity contribution in [3.05, 3.63) is 83.4 Å². The number of benzene rings is 3. The van der Waals surface area contributed by atoms with E-state index in [9.17, 15) is 29.1 Å². The molecule has 2 aliphatic rings. The fourth-order valence-electron chi connectivity index (χ4n) is 7.35. The van der Waals surface area contributed by atoms with Crippen LogP contribution in [0.2, 0.25) is 0 Å². The standard InChI is InChI=1S/C42H51N9O7/c1-26-23-32(39(54)50-19-21-51(22-20-50)41(56)57)15-18-34(26)29-9-5-27(6-10-29)24-35(38(53)44-33-16-13-30(14-17-33)36-46-48-49-47-36)45-37(52)31-11-7-28(8-12-31)25-43-40(55)58-42(2,3)4/h5-6,9-10,13-18,23,28,31,35H,7-8,11-12,19-22,24-25H2,1-4H3,(H,43,55)(H,44,53)(H,45,52)(H,56,57)(H,46,47,48,49)/t28-,31-,35-/m0/s1. The Morgan fingerprint density at radius 1 is 0.879 bits per heavy atom. The third kappa shape index (κ3) is 11.0. The Kier molecular flexibility index (Phi) is 13.0. The van der Waals surface area contributed by atoms with E-state index in [0.717, 1.165) is 40.7 Å². The number of amides is 5. The molecule has 16 nitrogen and oxygen atoms in total. The van der Waals surface area contributed by atoms with Gasteiger partial charge in [0.1, 0.15) is 11.6 Å². The number of hydrogen-bond donors (Lipinski definition) is 5. The molecule has 0 unspecified atom stereocenters. The van der Waals surface area contributed by atoms with Gasteiger partial charge in [-0.1, -0.05) is 30.3 Å². The summed E-state index contributed by atoms with van der Waals surface area (Å²) in [5.41, 5.74) is 4.87. The summed E-state index contributed by atoms with van der Waals surface area (Å²) in [4.78, 5) is 67.2. The number of nitrogens with zero attached hydrogens (tertiary/aromatic N) is 5. The van der Waals surface area contributed by atoms with E-state index < -0.39 is 23.8 Å². The molecule has 1 saturated carbocycles. The fourth-order valence-corrected chi connectivity index (χ4v) is 7.35. The quantitative estimate of drug-likeness (QED) is 0.133. The normalized spacial score (nSPS) is 17.5. The number of carbonyl (C=O) groups is 5. The van der Waals surface area contributed by atoms with Crippen LogP contribution in [0.5, 0.6) is 0 Å². The number of aromatic nitrogens is 4. The first-order chi connectivity index (χ1) is 27.7. The zero-order valence-electron chi connectivity index (χ0n) is 33.3. The van der Waals surface area contributed by atoms with Crippen LogP contribution in [0.25, 0.3) is 22.5 Å². The zero-order valence-corrected chi connectivity index (χ0v) is 33.3. The Labute approximate surface area is 337 Å². The molecule has 5 N–H and O–H groups in total. The first-order valence-corrected chi connectivity index (χ1v) is 19.6. The van der Waals surface area contributed by atoms with Crippen molar-refractivity contribution in [2.75, 3.05) is 38.0 Å². The highest BCUT2D eigenvalue weighted by molar-refractivity contribution is 5.98. The van der Waals surface area contributed by atoms with Gasteiger partial charge in [0.05, 0.1) is 0 Å². The Morgan fingerprint density at radius 2 is 1.53 bits per heavy atom. The van der Waals surface area contributed by atoms with Crippen molar-refractivity contribution in [1.82, 2.24) is 41.1 Å². The van der Waals surface area contributed by atoms with Crippen molar-refractivity contribution in [1.29, 1.82) is 0 Å². The van der Waals surface area contributed by atoms with Crippen LogP contribution in [-0.2, 0) is 20.7 Å². The topological polar surface area (TPSA) is 212 Å². The second-order valence-electron chi connectivity index (χ2n) is 16.0. The number of ether oxygens (including phenoxy) is 1. The molecule has 5 amide bonds. The molecule has 2 heterocycles. The molecule has 0 spiro atoms. The van der Waals surface area contributed by atoms with Crippen LogP contribution in [0.3, 0.4) is 0 Å². The summed E-state index contributed by atoms with van der Waals surface area (Å²) in [6.07, 6.45) is 1.61. The predicted molar refractivity (Wildman–Crippen MR) is 216 cm³/mol. The smallest absolute Gasteiger partial charge is 0.407 e. The van der Waals surface area contributed by atoms with E-state index in [-0.39, 0.29) is 49.1 Å². The van der Waals surface area contributed by atoms with Gasteiger partial charge in [-0.15, -0.1) is 10.2 Å². The highest BCUT2D eigenvalue weighted by Gasteiger charge is 2.31. The van der Waals surface area contributed by atoms with Gasteiger partial charge in [0.2, 0.25) is 17.6 Å². The Hall–Kier alpha value is -6.32. The molecule has 58 heavy (non-hydrogen) atoms. The molecule has 1 aliphatic carbocycles. The third-order valence-corrected chi connectivity index (χ3v) is 10.6. The van der Waals surface area contributed by atoms with Crippen molar-refractivity contribution in [2.45, 2.75) is 71.4 Å². The van der Waals surface area contributed by atoms with Crippen LogP contribution in [0.1, 0.15) is 67.9 Å². The number of alkyl carbamates (subject to hydrolysis) is 1. The molecule has 0 radical (unpaired) electrons. The van der Waals surface area contributed by atoms with E-state index in [0.29, 0.717) is 49.6 Å². The number of carboxylic acid groups (broad SMARTS) is 1. The van der Waals surface area contributed by atoms with Crippen LogP contribution in [0, 0.1) is 18.8 Å². The van der Waals surface area contributed by atoms with Gasteiger partial charge in [-0.3, -0.25) is 14.4 Å². The van der Waals surface area contributed by atoms with Crippen molar-refractivity contribution in [3.8, 4) is 22.5 Å². The minimum atomic E-state index is -0.979. The molecule has 1 saturated heterocycles. The molecule has 6 rings (SSSR count). The molecule has 2 fully saturated rings. The maximum Gasteiger partial charge on any atom is 0.407 e. The first kappa shape index (κ1) is 41.3. The van der Waals surface area contributed by atoms with E-state index in [2.05, 4.69) is 36.6 Å². The maximum atomic E-state index is 13.9. The van der Waals surface area contributed by atoms with E-state index in [1.165, 1.54) is 4.90 Å². The van der Waals surface area contributed by atoms with Gasteiger partial charge in [0.15, 0.2) is 0 Å². The lowest BCUT2D eigenvalue weighted by Gasteiger charge is -2.33. The second kappa shape index (κ2) is 18.3.